The van der Waals surface area contributed by atoms with Gasteiger partial charge in [0.15, 0.2) is 0 Å². The van der Waals surface area contributed by atoms with Gasteiger partial charge in [-0.15, -0.1) is 11.8 Å². The number of hydrogen-bond acceptors (Lipinski definition) is 3. The highest BCUT2D eigenvalue weighted by atomic mass is 35.5. The van der Waals surface area contributed by atoms with E-state index in [2.05, 4.69) is 13.8 Å². The summed E-state index contributed by atoms with van der Waals surface area (Å²) in [6.45, 7) is 6.50. The molecule has 1 aromatic rings. The van der Waals surface area contributed by atoms with Crippen molar-refractivity contribution in [2.45, 2.75) is 57.2 Å². The molecule has 0 aromatic heterocycles. The van der Waals surface area contributed by atoms with Crippen molar-refractivity contribution in [1.29, 1.82) is 0 Å². The second kappa shape index (κ2) is 9.53. The zero-order valence-electron chi connectivity index (χ0n) is 17.0. The average molecular weight is 423 g/mol. The summed E-state index contributed by atoms with van der Waals surface area (Å²) in [6, 6.07) is 7.28. The number of hydrogen-bond donors (Lipinski definition) is 0. The Morgan fingerprint density at radius 2 is 1.89 bits per heavy atom. The number of nitrogens with zero attached hydrogens (tertiary/aromatic N) is 2. The molecular formula is C22H31ClN2O2S. The molecule has 0 N–H and O–H groups in total. The van der Waals surface area contributed by atoms with Gasteiger partial charge in [0.05, 0.1) is 15.5 Å². The maximum Gasteiger partial charge on any atom is 0.256 e. The van der Waals surface area contributed by atoms with Gasteiger partial charge in [0.25, 0.3) is 5.91 Å². The summed E-state index contributed by atoms with van der Waals surface area (Å²) in [4.78, 5) is 30.0. The molecule has 1 spiro atoms. The van der Waals surface area contributed by atoms with Crippen LogP contribution < -0.4 is 0 Å². The van der Waals surface area contributed by atoms with Gasteiger partial charge in [-0.1, -0.05) is 50.4 Å². The molecule has 2 heterocycles. The van der Waals surface area contributed by atoms with E-state index >= 15 is 0 Å². The molecule has 6 heteroatoms. The van der Waals surface area contributed by atoms with Crippen LogP contribution in [0.15, 0.2) is 24.3 Å². The van der Waals surface area contributed by atoms with Gasteiger partial charge in [0, 0.05) is 31.3 Å². The lowest BCUT2D eigenvalue weighted by Crippen LogP contribution is -2.54. The fraction of sp³-hybridized carbons (Fsp3) is 0.636. The van der Waals surface area contributed by atoms with Crippen LogP contribution in [-0.2, 0) is 4.79 Å². The minimum atomic E-state index is -0.196. The molecule has 28 heavy (non-hydrogen) atoms. The molecule has 2 aliphatic heterocycles. The molecule has 2 fully saturated rings. The molecule has 0 saturated carbocycles. The number of amides is 2. The van der Waals surface area contributed by atoms with Crippen LogP contribution in [-0.4, -0.2) is 51.9 Å². The van der Waals surface area contributed by atoms with Crippen molar-refractivity contribution in [1.82, 2.24) is 9.80 Å². The molecule has 154 valence electrons. The Morgan fingerprint density at radius 1 is 1.18 bits per heavy atom. The zero-order valence-corrected chi connectivity index (χ0v) is 18.5. The van der Waals surface area contributed by atoms with Crippen molar-refractivity contribution in [2.24, 2.45) is 5.92 Å². The Morgan fingerprint density at radius 3 is 2.54 bits per heavy atom. The van der Waals surface area contributed by atoms with Crippen molar-refractivity contribution in [3.05, 3.63) is 34.9 Å². The number of unbranched alkanes of at least 4 members (excludes halogenated alkanes) is 1. The van der Waals surface area contributed by atoms with Crippen molar-refractivity contribution >= 4 is 35.2 Å². The second-order valence-corrected chi connectivity index (χ2v) is 9.67. The molecule has 2 amide bonds. The van der Waals surface area contributed by atoms with E-state index in [0.29, 0.717) is 16.5 Å². The van der Waals surface area contributed by atoms with Gasteiger partial charge in [-0.2, -0.15) is 0 Å². The number of likely N-dealkylation sites (tertiary alicyclic amines) is 1. The van der Waals surface area contributed by atoms with Crippen molar-refractivity contribution in [3.63, 3.8) is 0 Å². The zero-order chi connectivity index (χ0) is 20.1. The Balaban J connectivity index is 1.67. The second-order valence-electron chi connectivity index (χ2n) is 7.80. The van der Waals surface area contributed by atoms with Gasteiger partial charge in [0.1, 0.15) is 0 Å². The first kappa shape index (κ1) is 21.5. The van der Waals surface area contributed by atoms with E-state index in [1.807, 2.05) is 33.7 Å². The summed E-state index contributed by atoms with van der Waals surface area (Å²) in [5.41, 5.74) is 0.579. The topological polar surface area (TPSA) is 40.6 Å². The standard InChI is InChI=1S/C22H31ClN2O2S/c1-3-5-8-17(4-2)20(26)24-13-11-22(12-14-24)25(15-16-28-22)21(27)18-9-6-7-10-19(18)23/h6-7,9-10,17H,3-5,8,11-16H2,1-2H3/t17-/m1/s1. The highest BCUT2D eigenvalue weighted by molar-refractivity contribution is 8.00. The lowest BCUT2D eigenvalue weighted by Gasteiger charge is -2.44. The molecular weight excluding hydrogens is 392 g/mol. The quantitative estimate of drug-likeness (QED) is 0.642. The van der Waals surface area contributed by atoms with E-state index in [4.69, 9.17) is 11.6 Å². The van der Waals surface area contributed by atoms with E-state index in [1.165, 1.54) is 0 Å². The molecule has 0 aliphatic carbocycles. The van der Waals surface area contributed by atoms with E-state index in [9.17, 15) is 9.59 Å². The van der Waals surface area contributed by atoms with Crippen LogP contribution in [0.5, 0.6) is 0 Å². The first-order chi connectivity index (χ1) is 13.5. The number of rotatable bonds is 6. The van der Waals surface area contributed by atoms with Crippen molar-refractivity contribution < 1.29 is 9.59 Å². The van der Waals surface area contributed by atoms with Crippen LogP contribution in [0.4, 0.5) is 0 Å². The van der Waals surface area contributed by atoms with Crippen LogP contribution in [0.3, 0.4) is 0 Å². The molecule has 0 unspecified atom stereocenters. The fourth-order valence-electron chi connectivity index (χ4n) is 4.38. The number of carbonyl (C=O) groups excluding carboxylic acids is 2. The highest BCUT2D eigenvalue weighted by Crippen LogP contribution is 2.45. The minimum absolute atomic E-state index is 0.0183. The number of carbonyl (C=O) groups is 2. The number of benzene rings is 1. The predicted octanol–water partition coefficient (Wildman–Crippen LogP) is 5.06. The molecule has 1 atom stereocenters. The van der Waals surface area contributed by atoms with Gasteiger partial charge >= 0.3 is 0 Å². The number of halogens is 1. The van der Waals surface area contributed by atoms with Gasteiger partial charge in [-0.25, -0.2) is 0 Å². The highest BCUT2D eigenvalue weighted by Gasteiger charge is 2.47. The van der Waals surface area contributed by atoms with Crippen LogP contribution in [0.25, 0.3) is 0 Å². The van der Waals surface area contributed by atoms with E-state index < -0.39 is 0 Å². The number of thioether (sulfide) groups is 1. The monoisotopic (exact) mass is 422 g/mol. The molecule has 0 bridgehead atoms. The summed E-state index contributed by atoms with van der Waals surface area (Å²) in [6.07, 6.45) is 5.81. The third-order valence-electron chi connectivity index (χ3n) is 6.13. The fourth-order valence-corrected chi connectivity index (χ4v) is 6.05. The van der Waals surface area contributed by atoms with E-state index in [-0.39, 0.29) is 16.7 Å². The Bertz CT molecular complexity index is 704. The summed E-state index contributed by atoms with van der Waals surface area (Å²) < 4.78 is 0. The average Bonchev–Trinajstić information content (AvgIpc) is 3.11. The smallest absolute Gasteiger partial charge is 0.256 e. The molecule has 2 saturated heterocycles. The Kier molecular flexibility index (Phi) is 7.32. The summed E-state index contributed by atoms with van der Waals surface area (Å²) in [7, 11) is 0. The summed E-state index contributed by atoms with van der Waals surface area (Å²) in [5, 5.41) is 0.508. The van der Waals surface area contributed by atoms with Gasteiger partial charge in [-0.05, 0) is 37.8 Å². The Labute approximate surface area is 178 Å². The molecule has 4 nitrogen and oxygen atoms in total. The molecule has 3 rings (SSSR count). The lowest BCUT2D eigenvalue weighted by atomic mass is 9.95. The molecule has 2 aliphatic rings. The van der Waals surface area contributed by atoms with Crippen molar-refractivity contribution in [2.75, 3.05) is 25.4 Å². The van der Waals surface area contributed by atoms with Gasteiger partial charge in [-0.3, -0.25) is 9.59 Å². The first-order valence-electron chi connectivity index (χ1n) is 10.5. The van der Waals surface area contributed by atoms with E-state index in [0.717, 1.165) is 63.9 Å². The lowest BCUT2D eigenvalue weighted by molar-refractivity contribution is -0.137. The predicted molar refractivity (Wildman–Crippen MR) is 117 cm³/mol. The Hall–Kier alpha value is -1.20. The normalized spacial score (nSPS) is 19.8. The van der Waals surface area contributed by atoms with E-state index in [1.54, 1.807) is 12.1 Å². The van der Waals surface area contributed by atoms with Gasteiger partial charge < -0.3 is 9.80 Å². The van der Waals surface area contributed by atoms with Gasteiger partial charge in [0.2, 0.25) is 5.91 Å². The van der Waals surface area contributed by atoms with Crippen LogP contribution in [0, 0.1) is 5.92 Å². The minimum Gasteiger partial charge on any atom is -0.342 e. The third kappa shape index (κ3) is 4.35. The third-order valence-corrected chi connectivity index (χ3v) is 8.01. The maximum atomic E-state index is 13.2. The van der Waals surface area contributed by atoms with Crippen molar-refractivity contribution in [3.8, 4) is 0 Å². The maximum absolute atomic E-state index is 13.2. The number of piperidine rings is 1. The SMILES string of the molecule is CCCC[C@@H](CC)C(=O)N1CCC2(CC1)SCCN2C(=O)c1ccccc1Cl. The summed E-state index contributed by atoms with van der Waals surface area (Å²) in [5.74, 6) is 1.41. The summed E-state index contributed by atoms with van der Waals surface area (Å²) >= 11 is 8.14. The molecule has 0 radical (unpaired) electrons. The first-order valence-corrected chi connectivity index (χ1v) is 11.9. The van der Waals surface area contributed by atoms with Crippen LogP contribution in [0.2, 0.25) is 5.02 Å². The largest absolute Gasteiger partial charge is 0.342 e. The van der Waals surface area contributed by atoms with Crippen LogP contribution in [0.1, 0.15) is 62.7 Å². The molecule has 1 aromatic carbocycles. The van der Waals surface area contributed by atoms with Crippen LogP contribution >= 0.6 is 23.4 Å².